The Hall–Kier alpha value is -3.17. The van der Waals surface area contributed by atoms with Gasteiger partial charge in [-0.3, -0.25) is 0 Å². The molecule has 0 saturated heterocycles. The maximum absolute atomic E-state index is 4.99. The Morgan fingerprint density at radius 1 is 0.821 bits per heavy atom. The van der Waals surface area contributed by atoms with Crippen LogP contribution in [0.5, 0.6) is 0 Å². The first-order valence-corrected chi connectivity index (χ1v) is 10.3. The Morgan fingerprint density at radius 2 is 1.50 bits per heavy atom. The highest BCUT2D eigenvalue weighted by atomic mass is 32.1. The summed E-state index contributed by atoms with van der Waals surface area (Å²) in [5.74, 6) is 0. The fourth-order valence-electron chi connectivity index (χ4n) is 3.80. The molecular formula is C25H20N2S. The fourth-order valence-corrected chi connectivity index (χ4v) is 4.74. The molecule has 0 unspecified atom stereocenters. The summed E-state index contributed by atoms with van der Waals surface area (Å²) in [4.78, 5) is 4.99. The van der Waals surface area contributed by atoms with Crippen molar-refractivity contribution in [2.24, 2.45) is 0 Å². The van der Waals surface area contributed by atoms with Crippen LogP contribution in [0.4, 0.5) is 0 Å². The molecule has 0 amide bonds. The van der Waals surface area contributed by atoms with Gasteiger partial charge in [-0.1, -0.05) is 78.9 Å². The molecule has 136 valence electrons. The van der Waals surface area contributed by atoms with Crippen molar-refractivity contribution < 1.29 is 0 Å². The number of hydrogen-bond acceptors (Lipinski definition) is 2. The highest BCUT2D eigenvalue weighted by Crippen LogP contribution is 2.38. The average Bonchev–Trinajstić information content (AvgIpc) is 3.33. The summed E-state index contributed by atoms with van der Waals surface area (Å²) in [7, 11) is 0. The van der Waals surface area contributed by atoms with Gasteiger partial charge in [0, 0.05) is 39.6 Å². The van der Waals surface area contributed by atoms with Crippen LogP contribution in [-0.4, -0.2) is 9.55 Å². The van der Waals surface area contributed by atoms with Gasteiger partial charge in [0.05, 0.1) is 5.69 Å². The van der Waals surface area contributed by atoms with Crippen LogP contribution < -0.4 is 0 Å². The van der Waals surface area contributed by atoms with Crippen LogP contribution in [0.15, 0.2) is 90.3 Å². The Morgan fingerprint density at radius 3 is 2.29 bits per heavy atom. The number of nitrogens with zero attached hydrogens (tertiary/aromatic N) is 2. The van der Waals surface area contributed by atoms with E-state index in [-0.39, 0.29) is 0 Å². The van der Waals surface area contributed by atoms with Gasteiger partial charge in [0.2, 0.25) is 0 Å². The van der Waals surface area contributed by atoms with E-state index in [1.54, 1.807) is 11.3 Å². The van der Waals surface area contributed by atoms with Crippen molar-refractivity contribution >= 4 is 22.2 Å². The van der Waals surface area contributed by atoms with E-state index >= 15 is 0 Å². The van der Waals surface area contributed by atoms with Crippen molar-refractivity contribution in [2.45, 2.75) is 13.5 Å². The summed E-state index contributed by atoms with van der Waals surface area (Å²) in [6.07, 6.45) is 0. The van der Waals surface area contributed by atoms with Gasteiger partial charge in [0.1, 0.15) is 5.01 Å². The van der Waals surface area contributed by atoms with Crippen LogP contribution in [0.1, 0.15) is 11.3 Å². The van der Waals surface area contributed by atoms with Gasteiger partial charge in [-0.25, -0.2) is 4.98 Å². The Balaban J connectivity index is 1.65. The van der Waals surface area contributed by atoms with Gasteiger partial charge in [-0.15, -0.1) is 11.3 Å². The van der Waals surface area contributed by atoms with Crippen LogP contribution in [0, 0.1) is 6.92 Å². The van der Waals surface area contributed by atoms with Crippen LogP contribution in [0.3, 0.4) is 0 Å². The predicted molar refractivity (Wildman–Crippen MR) is 119 cm³/mol. The Kier molecular flexibility index (Phi) is 4.30. The minimum Gasteiger partial charge on any atom is -0.340 e. The van der Waals surface area contributed by atoms with E-state index in [1.165, 1.54) is 27.7 Å². The van der Waals surface area contributed by atoms with E-state index in [9.17, 15) is 0 Å². The summed E-state index contributed by atoms with van der Waals surface area (Å²) in [5.41, 5.74) is 7.28. The zero-order valence-corrected chi connectivity index (χ0v) is 16.5. The number of para-hydroxylation sites is 1. The van der Waals surface area contributed by atoms with Gasteiger partial charge in [0.25, 0.3) is 0 Å². The van der Waals surface area contributed by atoms with Crippen molar-refractivity contribution in [1.29, 1.82) is 0 Å². The predicted octanol–water partition coefficient (Wildman–Crippen LogP) is 6.79. The van der Waals surface area contributed by atoms with Crippen LogP contribution >= 0.6 is 11.3 Å². The van der Waals surface area contributed by atoms with Crippen molar-refractivity contribution in [2.75, 3.05) is 0 Å². The summed E-state index contributed by atoms with van der Waals surface area (Å²) in [6, 6.07) is 29.7. The zero-order valence-electron chi connectivity index (χ0n) is 15.7. The molecule has 2 aromatic heterocycles. The lowest BCUT2D eigenvalue weighted by Gasteiger charge is -2.08. The van der Waals surface area contributed by atoms with E-state index < -0.39 is 0 Å². The number of fused-ring (bicyclic) bond motifs is 1. The minimum atomic E-state index is 0.865. The number of hydrogen-bond donors (Lipinski definition) is 0. The molecule has 0 N–H and O–H groups in total. The molecule has 5 rings (SSSR count). The molecule has 2 heterocycles. The minimum absolute atomic E-state index is 0.865. The van der Waals surface area contributed by atoms with Crippen molar-refractivity contribution in [3.05, 3.63) is 102 Å². The first kappa shape index (κ1) is 17.0. The normalized spacial score (nSPS) is 11.2. The summed E-state index contributed by atoms with van der Waals surface area (Å²) < 4.78 is 2.41. The smallest absolute Gasteiger partial charge is 0.126 e. The monoisotopic (exact) mass is 380 g/mol. The lowest BCUT2D eigenvalue weighted by Crippen LogP contribution is -2.01. The summed E-state index contributed by atoms with van der Waals surface area (Å²) in [6.45, 7) is 3.08. The molecule has 0 aliphatic carbocycles. The molecule has 0 bridgehead atoms. The average molecular weight is 381 g/mol. The third kappa shape index (κ3) is 2.94. The van der Waals surface area contributed by atoms with E-state index in [4.69, 9.17) is 4.98 Å². The van der Waals surface area contributed by atoms with Gasteiger partial charge in [-0.2, -0.15) is 0 Å². The van der Waals surface area contributed by atoms with Crippen LogP contribution in [0.2, 0.25) is 0 Å². The molecule has 0 saturated carbocycles. The third-order valence-corrected chi connectivity index (χ3v) is 6.06. The molecule has 3 aromatic carbocycles. The first-order valence-electron chi connectivity index (χ1n) is 9.44. The summed E-state index contributed by atoms with van der Waals surface area (Å²) in [5, 5.41) is 4.51. The Labute approximate surface area is 168 Å². The number of rotatable bonds is 4. The highest BCUT2D eigenvalue weighted by molar-refractivity contribution is 7.13. The lowest BCUT2D eigenvalue weighted by atomic mass is 10.1. The molecular weight excluding hydrogens is 360 g/mol. The lowest BCUT2D eigenvalue weighted by molar-refractivity contribution is 0.806. The van der Waals surface area contributed by atoms with Gasteiger partial charge in [-0.05, 0) is 18.6 Å². The Bertz CT molecular complexity index is 1230. The SMILES string of the molecule is Cc1c(-c2nc(-c3ccccc3)cs2)c2ccccc2n1Cc1ccccc1. The molecule has 0 aliphatic rings. The van der Waals surface area contributed by atoms with E-state index in [1.807, 2.05) is 6.07 Å². The molecule has 0 spiro atoms. The molecule has 0 aliphatic heterocycles. The molecule has 28 heavy (non-hydrogen) atoms. The van der Waals surface area contributed by atoms with Gasteiger partial charge >= 0.3 is 0 Å². The summed E-state index contributed by atoms with van der Waals surface area (Å²) >= 11 is 1.72. The highest BCUT2D eigenvalue weighted by Gasteiger charge is 2.18. The maximum Gasteiger partial charge on any atom is 0.126 e. The van der Waals surface area contributed by atoms with Gasteiger partial charge < -0.3 is 4.57 Å². The molecule has 0 fully saturated rings. The molecule has 0 atom stereocenters. The van der Waals surface area contributed by atoms with E-state index in [0.717, 1.165) is 22.8 Å². The number of thiazole rings is 1. The number of benzene rings is 3. The molecule has 2 nitrogen and oxygen atoms in total. The van der Waals surface area contributed by atoms with E-state index in [0.29, 0.717) is 0 Å². The van der Waals surface area contributed by atoms with E-state index in [2.05, 4.69) is 95.7 Å². The van der Waals surface area contributed by atoms with Crippen LogP contribution in [0.25, 0.3) is 32.7 Å². The quantitative estimate of drug-likeness (QED) is 0.336. The van der Waals surface area contributed by atoms with Crippen molar-refractivity contribution in [3.8, 4) is 21.8 Å². The van der Waals surface area contributed by atoms with Crippen LogP contribution in [-0.2, 0) is 6.54 Å². The third-order valence-electron chi connectivity index (χ3n) is 5.20. The maximum atomic E-state index is 4.99. The second kappa shape index (κ2) is 7.10. The number of aromatic nitrogens is 2. The van der Waals surface area contributed by atoms with Gasteiger partial charge in [0.15, 0.2) is 0 Å². The second-order valence-corrected chi connectivity index (χ2v) is 7.81. The standard InChI is InChI=1S/C25H20N2S/c1-18-24(25-26-22(17-28-25)20-12-6-3-7-13-20)21-14-8-9-15-23(21)27(18)16-19-10-4-2-5-11-19/h2-15,17H,16H2,1H3. The molecule has 0 radical (unpaired) electrons. The topological polar surface area (TPSA) is 17.8 Å². The van der Waals surface area contributed by atoms with Crippen molar-refractivity contribution in [3.63, 3.8) is 0 Å². The fraction of sp³-hybridized carbons (Fsp3) is 0.0800. The largest absolute Gasteiger partial charge is 0.340 e. The first-order chi connectivity index (χ1) is 13.8. The molecule has 5 aromatic rings. The van der Waals surface area contributed by atoms with Crippen molar-refractivity contribution in [1.82, 2.24) is 9.55 Å². The second-order valence-electron chi connectivity index (χ2n) is 6.95. The molecule has 3 heteroatoms. The zero-order chi connectivity index (χ0) is 18.9.